The van der Waals surface area contributed by atoms with E-state index in [-0.39, 0.29) is 23.0 Å². The molecule has 0 aliphatic heterocycles. The lowest BCUT2D eigenvalue weighted by Crippen LogP contribution is -2.24. The number of hydrogen-bond acceptors (Lipinski definition) is 6. The van der Waals surface area contributed by atoms with E-state index in [1.54, 1.807) is 60.7 Å². The van der Waals surface area contributed by atoms with Gasteiger partial charge in [-0.25, -0.2) is 10.4 Å². The summed E-state index contributed by atoms with van der Waals surface area (Å²) >= 11 is 7.12. The molecule has 1 aromatic heterocycles. The van der Waals surface area contributed by atoms with Crippen LogP contribution in [-0.4, -0.2) is 32.5 Å². The number of thioether (sulfide) groups is 1. The largest absolute Gasteiger partial charge is 0.508 e. The molecule has 1 amide bonds. The van der Waals surface area contributed by atoms with Gasteiger partial charge in [-0.15, -0.1) is 0 Å². The number of aromatic hydroxyl groups is 1. The van der Waals surface area contributed by atoms with E-state index < -0.39 is 0 Å². The molecule has 0 aliphatic rings. The lowest BCUT2D eigenvalue weighted by atomic mass is 10.2. The van der Waals surface area contributed by atoms with E-state index in [2.05, 4.69) is 15.5 Å². The Labute approximate surface area is 192 Å². The molecule has 32 heavy (non-hydrogen) atoms. The van der Waals surface area contributed by atoms with E-state index in [4.69, 9.17) is 11.6 Å². The zero-order valence-electron chi connectivity index (χ0n) is 16.6. The van der Waals surface area contributed by atoms with Gasteiger partial charge in [-0.05, 0) is 66.2 Å². The van der Waals surface area contributed by atoms with Gasteiger partial charge >= 0.3 is 0 Å². The quantitative estimate of drug-likeness (QED) is 0.195. The number of halogens is 1. The number of carbonyl (C=O) groups is 1. The van der Waals surface area contributed by atoms with Crippen LogP contribution >= 0.6 is 23.4 Å². The summed E-state index contributed by atoms with van der Waals surface area (Å²) in [5, 5.41) is 14.6. The zero-order chi connectivity index (χ0) is 22.5. The Hall–Kier alpha value is -3.62. The number of amides is 1. The Balaban J connectivity index is 1.56. The Morgan fingerprint density at radius 3 is 2.56 bits per heavy atom. The maximum Gasteiger partial charge on any atom is 0.266 e. The number of para-hydroxylation sites is 1. The molecule has 7 nitrogen and oxygen atoms in total. The summed E-state index contributed by atoms with van der Waals surface area (Å²) in [6.45, 7) is 0. The van der Waals surface area contributed by atoms with Crippen LogP contribution in [0.5, 0.6) is 5.75 Å². The van der Waals surface area contributed by atoms with Crippen LogP contribution in [0.4, 0.5) is 0 Å². The SMILES string of the molecule is O=C(CSc1nc2ccccc2c(=O)n1-c1ccc(Cl)cc1)N/N=C/c1ccc(O)cc1. The molecule has 2 N–H and O–H groups in total. The molecule has 9 heteroatoms. The van der Waals surface area contributed by atoms with Crippen LogP contribution in [0, 0.1) is 0 Å². The summed E-state index contributed by atoms with van der Waals surface area (Å²) in [6.07, 6.45) is 1.47. The molecule has 0 bridgehead atoms. The van der Waals surface area contributed by atoms with Crippen LogP contribution in [0.3, 0.4) is 0 Å². The first-order chi connectivity index (χ1) is 15.5. The van der Waals surface area contributed by atoms with Crippen molar-refractivity contribution in [1.29, 1.82) is 0 Å². The molecular formula is C23H17ClN4O3S. The van der Waals surface area contributed by atoms with Gasteiger partial charge < -0.3 is 5.11 Å². The van der Waals surface area contributed by atoms with E-state index in [9.17, 15) is 14.7 Å². The predicted octanol–water partition coefficient (Wildman–Crippen LogP) is 3.99. The van der Waals surface area contributed by atoms with Crippen LogP contribution in [0.15, 0.2) is 87.8 Å². The van der Waals surface area contributed by atoms with Gasteiger partial charge in [0.25, 0.3) is 11.5 Å². The maximum absolute atomic E-state index is 13.2. The van der Waals surface area contributed by atoms with Crippen molar-refractivity contribution in [3.05, 3.63) is 93.7 Å². The highest BCUT2D eigenvalue weighted by atomic mass is 35.5. The second-order valence-electron chi connectivity index (χ2n) is 6.70. The molecule has 0 unspecified atom stereocenters. The molecule has 0 fully saturated rings. The minimum Gasteiger partial charge on any atom is -0.508 e. The van der Waals surface area contributed by atoms with Gasteiger partial charge in [0.1, 0.15) is 5.75 Å². The molecule has 0 aliphatic carbocycles. The summed E-state index contributed by atoms with van der Waals surface area (Å²) in [7, 11) is 0. The van der Waals surface area contributed by atoms with Crippen molar-refractivity contribution >= 4 is 46.4 Å². The lowest BCUT2D eigenvalue weighted by Gasteiger charge is -2.13. The minimum atomic E-state index is -0.352. The smallest absolute Gasteiger partial charge is 0.266 e. The third-order valence-corrected chi connectivity index (χ3v) is 5.65. The van der Waals surface area contributed by atoms with Crippen molar-refractivity contribution < 1.29 is 9.90 Å². The van der Waals surface area contributed by atoms with Crippen LogP contribution < -0.4 is 11.0 Å². The number of hydrazone groups is 1. The van der Waals surface area contributed by atoms with E-state index in [0.717, 1.165) is 17.3 Å². The molecular weight excluding hydrogens is 448 g/mol. The van der Waals surface area contributed by atoms with Gasteiger partial charge in [-0.3, -0.25) is 14.2 Å². The van der Waals surface area contributed by atoms with Crippen LogP contribution in [0.25, 0.3) is 16.6 Å². The fourth-order valence-electron chi connectivity index (χ4n) is 2.93. The van der Waals surface area contributed by atoms with Crippen molar-refractivity contribution in [3.63, 3.8) is 0 Å². The fraction of sp³-hybridized carbons (Fsp3) is 0.0435. The van der Waals surface area contributed by atoms with Crippen molar-refractivity contribution in [1.82, 2.24) is 15.0 Å². The minimum absolute atomic E-state index is 0.00525. The van der Waals surface area contributed by atoms with Crippen molar-refractivity contribution in [2.75, 3.05) is 5.75 Å². The van der Waals surface area contributed by atoms with Crippen LogP contribution in [-0.2, 0) is 4.79 Å². The summed E-state index contributed by atoms with van der Waals surface area (Å²) in [6, 6.07) is 20.3. The first-order valence-electron chi connectivity index (χ1n) is 9.53. The summed E-state index contributed by atoms with van der Waals surface area (Å²) in [5.41, 5.74) is 4.10. The molecule has 0 spiro atoms. The Morgan fingerprint density at radius 2 is 1.81 bits per heavy atom. The number of rotatable bonds is 6. The molecule has 0 saturated carbocycles. The normalized spacial score (nSPS) is 11.2. The Bertz CT molecular complexity index is 1350. The summed E-state index contributed by atoms with van der Waals surface area (Å²) in [5.74, 6) is -0.196. The third-order valence-electron chi connectivity index (χ3n) is 4.46. The lowest BCUT2D eigenvalue weighted by molar-refractivity contribution is -0.118. The number of nitrogens with one attached hydrogen (secondary N) is 1. The topological polar surface area (TPSA) is 96.6 Å². The van der Waals surface area contributed by atoms with Gasteiger partial charge in [-0.2, -0.15) is 5.10 Å². The highest BCUT2D eigenvalue weighted by Gasteiger charge is 2.14. The molecule has 160 valence electrons. The number of benzene rings is 3. The highest BCUT2D eigenvalue weighted by molar-refractivity contribution is 7.99. The number of hydrogen-bond donors (Lipinski definition) is 2. The predicted molar refractivity (Wildman–Crippen MR) is 127 cm³/mol. The van der Waals surface area contributed by atoms with Crippen molar-refractivity contribution in [3.8, 4) is 11.4 Å². The first kappa shape index (κ1) is 21.6. The number of aromatic nitrogens is 2. The van der Waals surface area contributed by atoms with Gasteiger partial charge in [0.05, 0.1) is 28.6 Å². The molecule has 0 atom stereocenters. The summed E-state index contributed by atoms with van der Waals surface area (Å²) in [4.78, 5) is 30.0. The molecule has 1 heterocycles. The second kappa shape index (κ2) is 9.67. The van der Waals surface area contributed by atoms with Crippen molar-refractivity contribution in [2.24, 2.45) is 5.10 Å². The van der Waals surface area contributed by atoms with E-state index in [0.29, 0.717) is 26.8 Å². The molecule has 0 radical (unpaired) electrons. The second-order valence-corrected chi connectivity index (χ2v) is 8.08. The molecule has 0 saturated heterocycles. The monoisotopic (exact) mass is 464 g/mol. The Kier molecular flexibility index (Phi) is 6.53. The number of nitrogens with zero attached hydrogens (tertiary/aromatic N) is 3. The van der Waals surface area contributed by atoms with Crippen molar-refractivity contribution in [2.45, 2.75) is 5.16 Å². The van der Waals surface area contributed by atoms with Gasteiger partial charge in [0, 0.05) is 5.02 Å². The van der Waals surface area contributed by atoms with Crippen LogP contribution in [0.1, 0.15) is 5.56 Å². The first-order valence-corrected chi connectivity index (χ1v) is 10.9. The summed E-state index contributed by atoms with van der Waals surface area (Å²) < 4.78 is 1.47. The molecule has 4 rings (SSSR count). The number of phenolic OH excluding ortho intramolecular Hbond substituents is 1. The van der Waals surface area contributed by atoms with E-state index >= 15 is 0 Å². The van der Waals surface area contributed by atoms with Gasteiger partial charge in [0.15, 0.2) is 5.16 Å². The highest BCUT2D eigenvalue weighted by Crippen LogP contribution is 2.22. The number of carbonyl (C=O) groups excluding carboxylic acids is 1. The van der Waals surface area contributed by atoms with Gasteiger partial charge in [-0.1, -0.05) is 35.5 Å². The third kappa shape index (κ3) is 4.99. The average molecular weight is 465 g/mol. The zero-order valence-corrected chi connectivity index (χ0v) is 18.2. The number of fused-ring (bicyclic) bond motifs is 1. The number of phenols is 1. The van der Waals surface area contributed by atoms with E-state index in [1.165, 1.54) is 22.9 Å². The molecule has 4 aromatic rings. The standard InChI is InChI=1S/C23H17ClN4O3S/c24-16-7-9-17(10-8-16)28-22(31)19-3-1-2-4-20(19)26-23(28)32-14-21(30)27-25-13-15-5-11-18(29)12-6-15/h1-13,29H,14H2,(H,27,30)/b25-13+. The average Bonchev–Trinajstić information content (AvgIpc) is 2.80. The fourth-order valence-corrected chi connectivity index (χ4v) is 3.86. The maximum atomic E-state index is 13.2. The van der Waals surface area contributed by atoms with Crippen LogP contribution in [0.2, 0.25) is 5.02 Å². The molecule has 3 aromatic carbocycles. The van der Waals surface area contributed by atoms with Gasteiger partial charge in [0.2, 0.25) is 0 Å². The van der Waals surface area contributed by atoms with E-state index in [1.807, 2.05) is 0 Å². The Morgan fingerprint density at radius 1 is 1.09 bits per heavy atom.